The van der Waals surface area contributed by atoms with Crippen LogP contribution in [0.25, 0.3) is 0 Å². The van der Waals surface area contributed by atoms with Crippen molar-refractivity contribution in [2.75, 3.05) is 5.32 Å². The summed E-state index contributed by atoms with van der Waals surface area (Å²) in [5, 5.41) is 7.66. The van der Waals surface area contributed by atoms with Gasteiger partial charge in [0.15, 0.2) is 0 Å². The van der Waals surface area contributed by atoms with Gasteiger partial charge in [-0.25, -0.2) is 9.97 Å². The molecule has 3 nitrogen and oxygen atoms in total. The fourth-order valence-corrected chi connectivity index (χ4v) is 1.75. The van der Waals surface area contributed by atoms with E-state index in [-0.39, 0.29) is 0 Å². The molecule has 0 atom stereocenters. The van der Waals surface area contributed by atoms with E-state index in [1.54, 1.807) is 11.3 Å². The van der Waals surface area contributed by atoms with Crippen molar-refractivity contribution in [3.8, 4) is 0 Å². The van der Waals surface area contributed by atoms with Crippen molar-refractivity contribution in [2.24, 2.45) is 0 Å². The van der Waals surface area contributed by atoms with Gasteiger partial charge >= 0.3 is 0 Å². The monoisotopic (exact) mass is 225 g/mol. The van der Waals surface area contributed by atoms with E-state index in [0.717, 1.165) is 17.1 Å². The molecule has 0 aliphatic rings. The Morgan fingerprint density at radius 2 is 2.29 bits per heavy atom. The largest absolute Gasteiger partial charge is 0.339 e. The van der Waals surface area contributed by atoms with Gasteiger partial charge in [0.2, 0.25) is 0 Å². The average Bonchev–Trinajstić information content (AvgIpc) is 2.66. The molecule has 0 aromatic carbocycles. The third-order valence-electron chi connectivity index (χ3n) is 1.81. The van der Waals surface area contributed by atoms with Crippen molar-refractivity contribution in [3.63, 3.8) is 0 Å². The summed E-state index contributed by atoms with van der Waals surface area (Å²) < 4.78 is 0. The second-order valence-corrected chi connectivity index (χ2v) is 3.91. The number of hydrogen-bond acceptors (Lipinski definition) is 4. The van der Waals surface area contributed by atoms with Crippen LogP contribution in [0, 0.1) is 6.92 Å². The summed E-state index contributed by atoms with van der Waals surface area (Å²) >= 11 is 7.50. The van der Waals surface area contributed by atoms with E-state index in [1.807, 2.05) is 23.8 Å². The smallest absolute Gasteiger partial charge is 0.138 e. The lowest BCUT2D eigenvalue weighted by molar-refractivity contribution is 1.13. The molecule has 2 rings (SSSR count). The summed E-state index contributed by atoms with van der Waals surface area (Å²) in [6.45, 7) is 1.89. The molecular formula is C9H8ClN3S. The molecule has 5 heteroatoms. The number of halogens is 1. The van der Waals surface area contributed by atoms with E-state index >= 15 is 0 Å². The molecule has 0 radical (unpaired) electrons. The lowest BCUT2D eigenvalue weighted by Gasteiger charge is -2.06. The highest BCUT2D eigenvalue weighted by atomic mass is 35.5. The van der Waals surface area contributed by atoms with Crippen molar-refractivity contribution in [1.29, 1.82) is 0 Å². The van der Waals surface area contributed by atoms with Crippen LogP contribution < -0.4 is 5.32 Å². The van der Waals surface area contributed by atoms with Gasteiger partial charge in [-0.1, -0.05) is 11.6 Å². The molecule has 1 N–H and O–H groups in total. The van der Waals surface area contributed by atoms with E-state index in [4.69, 9.17) is 11.6 Å². The van der Waals surface area contributed by atoms with Crippen molar-refractivity contribution in [2.45, 2.75) is 6.92 Å². The topological polar surface area (TPSA) is 37.8 Å². The first-order chi connectivity index (χ1) is 6.77. The van der Waals surface area contributed by atoms with Crippen LogP contribution in [0.1, 0.15) is 5.56 Å². The molecule has 0 amide bonds. The molecule has 0 saturated carbocycles. The van der Waals surface area contributed by atoms with Gasteiger partial charge in [-0.2, -0.15) is 11.3 Å². The number of nitrogens with one attached hydrogen (secondary N) is 1. The fraction of sp³-hybridized carbons (Fsp3) is 0.111. The zero-order chi connectivity index (χ0) is 9.97. The molecule has 0 saturated heterocycles. The summed E-state index contributed by atoms with van der Waals surface area (Å²) in [6, 6.07) is 1.99. The maximum absolute atomic E-state index is 5.87. The number of rotatable bonds is 2. The Bertz CT molecular complexity index is 428. The van der Waals surface area contributed by atoms with Crippen LogP contribution in [0.15, 0.2) is 23.2 Å². The normalized spacial score (nSPS) is 10.1. The third-order valence-corrected chi connectivity index (χ3v) is 2.87. The van der Waals surface area contributed by atoms with Gasteiger partial charge < -0.3 is 5.32 Å². The highest BCUT2D eigenvalue weighted by Gasteiger charge is 2.04. The molecule has 2 aromatic heterocycles. The van der Waals surface area contributed by atoms with Crippen molar-refractivity contribution < 1.29 is 0 Å². The van der Waals surface area contributed by atoms with E-state index in [2.05, 4.69) is 15.3 Å². The highest BCUT2D eigenvalue weighted by molar-refractivity contribution is 7.08. The van der Waals surface area contributed by atoms with Gasteiger partial charge in [-0.3, -0.25) is 0 Å². The summed E-state index contributed by atoms with van der Waals surface area (Å²) in [6.07, 6.45) is 1.45. The van der Waals surface area contributed by atoms with Crippen LogP contribution in [0.5, 0.6) is 0 Å². The van der Waals surface area contributed by atoms with Crippen LogP contribution in [0.3, 0.4) is 0 Å². The maximum Gasteiger partial charge on any atom is 0.138 e. The Morgan fingerprint density at radius 1 is 1.43 bits per heavy atom. The number of nitrogens with zero attached hydrogens (tertiary/aromatic N) is 2. The minimum absolute atomic E-state index is 0.484. The molecule has 0 fully saturated rings. The maximum atomic E-state index is 5.87. The zero-order valence-corrected chi connectivity index (χ0v) is 9.06. The highest BCUT2D eigenvalue weighted by Crippen LogP contribution is 2.23. The van der Waals surface area contributed by atoms with E-state index in [0.29, 0.717) is 5.15 Å². The Hall–Kier alpha value is -1.13. The molecule has 0 unspecified atom stereocenters. The molecule has 2 heterocycles. The molecular weight excluding hydrogens is 218 g/mol. The van der Waals surface area contributed by atoms with Crippen molar-refractivity contribution in [3.05, 3.63) is 33.9 Å². The third kappa shape index (κ3) is 1.86. The van der Waals surface area contributed by atoms with Gasteiger partial charge in [-0.05, 0) is 18.4 Å². The molecule has 0 bridgehead atoms. The molecule has 0 aliphatic carbocycles. The minimum atomic E-state index is 0.484. The molecule has 72 valence electrons. The predicted octanol–water partition coefficient (Wildman–Crippen LogP) is 3.24. The fourth-order valence-electron chi connectivity index (χ4n) is 1.03. The van der Waals surface area contributed by atoms with Crippen LogP contribution in [0.4, 0.5) is 11.5 Å². The van der Waals surface area contributed by atoms with E-state index < -0.39 is 0 Å². The first kappa shape index (κ1) is 9.43. The summed E-state index contributed by atoms with van der Waals surface area (Å²) in [4.78, 5) is 8.00. The second kappa shape index (κ2) is 3.94. The lowest BCUT2D eigenvalue weighted by atomic mass is 10.3. The Labute approximate surface area is 90.8 Å². The van der Waals surface area contributed by atoms with Crippen molar-refractivity contribution in [1.82, 2.24) is 9.97 Å². The van der Waals surface area contributed by atoms with Crippen molar-refractivity contribution >= 4 is 34.4 Å². The van der Waals surface area contributed by atoms with Gasteiger partial charge in [0.05, 0.1) is 5.69 Å². The van der Waals surface area contributed by atoms with Gasteiger partial charge in [0.25, 0.3) is 0 Å². The van der Waals surface area contributed by atoms with E-state index in [9.17, 15) is 0 Å². The SMILES string of the molecule is Cc1c(Cl)ncnc1Nc1ccsc1. The van der Waals surface area contributed by atoms with Crippen LogP contribution in [-0.2, 0) is 0 Å². The molecule has 2 aromatic rings. The van der Waals surface area contributed by atoms with Gasteiger partial charge in [0, 0.05) is 10.9 Å². The number of hydrogen-bond donors (Lipinski definition) is 1. The first-order valence-electron chi connectivity index (χ1n) is 4.03. The van der Waals surface area contributed by atoms with Crippen LogP contribution >= 0.6 is 22.9 Å². The lowest BCUT2D eigenvalue weighted by Crippen LogP contribution is -1.96. The van der Waals surface area contributed by atoms with E-state index in [1.165, 1.54) is 6.33 Å². The average molecular weight is 226 g/mol. The minimum Gasteiger partial charge on any atom is -0.339 e. The predicted molar refractivity (Wildman–Crippen MR) is 59.4 cm³/mol. The standard InChI is InChI=1S/C9H8ClN3S/c1-6-8(10)11-5-12-9(6)13-7-2-3-14-4-7/h2-5H,1H3,(H,11,12,13). The van der Waals surface area contributed by atoms with Crippen LogP contribution in [-0.4, -0.2) is 9.97 Å². The number of thiophene rings is 1. The van der Waals surface area contributed by atoms with Crippen LogP contribution in [0.2, 0.25) is 5.15 Å². The second-order valence-electron chi connectivity index (χ2n) is 2.78. The molecule has 0 aliphatic heterocycles. The zero-order valence-electron chi connectivity index (χ0n) is 7.49. The summed E-state index contributed by atoms with van der Waals surface area (Å²) in [7, 11) is 0. The Kier molecular flexibility index (Phi) is 2.65. The quantitative estimate of drug-likeness (QED) is 0.798. The number of aromatic nitrogens is 2. The first-order valence-corrected chi connectivity index (χ1v) is 5.36. The van der Waals surface area contributed by atoms with Gasteiger partial charge in [-0.15, -0.1) is 0 Å². The number of anilines is 2. The van der Waals surface area contributed by atoms with Gasteiger partial charge in [0.1, 0.15) is 17.3 Å². The molecule has 14 heavy (non-hydrogen) atoms. The Morgan fingerprint density at radius 3 is 3.00 bits per heavy atom. The summed E-state index contributed by atoms with van der Waals surface area (Å²) in [5.41, 5.74) is 1.88. The Balaban J connectivity index is 2.29. The summed E-state index contributed by atoms with van der Waals surface area (Å²) in [5.74, 6) is 0.753. The molecule has 0 spiro atoms.